The van der Waals surface area contributed by atoms with Crippen LogP contribution in [-0.4, -0.2) is 21.9 Å². The van der Waals surface area contributed by atoms with Crippen molar-refractivity contribution in [1.82, 2.24) is 9.97 Å². The molecule has 0 amide bonds. The number of anilines is 3. The highest BCUT2D eigenvalue weighted by atomic mass is 35.5. The Kier molecular flexibility index (Phi) is 3.76. The van der Waals surface area contributed by atoms with E-state index in [1.807, 2.05) is 0 Å². The van der Waals surface area contributed by atoms with Gasteiger partial charge in [0.2, 0.25) is 11.8 Å². The lowest BCUT2D eigenvalue weighted by Gasteiger charge is -2.07. The molecule has 1 aromatic heterocycles. The van der Waals surface area contributed by atoms with E-state index < -0.39 is 4.92 Å². The Labute approximate surface area is 113 Å². The number of halogens is 1. The summed E-state index contributed by atoms with van der Waals surface area (Å²) in [6, 6.07) is 6.82. The van der Waals surface area contributed by atoms with Crippen molar-refractivity contribution in [3.05, 3.63) is 45.6 Å². The van der Waals surface area contributed by atoms with Crippen molar-refractivity contribution in [3.63, 3.8) is 0 Å². The zero-order valence-corrected chi connectivity index (χ0v) is 10.7. The van der Waals surface area contributed by atoms with Gasteiger partial charge in [0.05, 0.1) is 4.92 Å². The lowest BCUT2D eigenvalue weighted by Crippen LogP contribution is -2.04. The van der Waals surface area contributed by atoms with E-state index in [1.165, 1.54) is 0 Å². The van der Waals surface area contributed by atoms with Crippen LogP contribution in [0.15, 0.2) is 30.5 Å². The molecule has 1 aromatic carbocycles. The maximum Gasteiger partial charge on any atom is 0.329 e. The van der Waals surface area contributed by atoms with E-state index in [9.17, 15) is 10.1 Å². The molecule has 2 N–H and O–H groups in total. The monoisotopic (exact) mass is 279 g/mol. The fourth-order valence-electron chi connectivity index (χ4n) is 1.42. The van der Waals surface area contributed by atoms with Crippen LogP contribution in [0.1, 0.15) is 0 Å². The molecule has 0 unspecified atom stereocenters. The number of nitrogens with one attached hydrogen (secondary N) is 2. The van der Waals surface area contributed by atoms with E-state index in [0.29, 0.717) is 10.7 Å². The van der Waals surface area contributed by atoms with Crippen LogP contribution in [0.25, 0.3) is 0 Å². The number of rotatable bonds is 4. The fourth-order valence-corrected chi connectivity index (χ4v) is 1.61. The predicted octanol–water partition coefficient (Wildman–Crippen LogP) is 2.82. The average Bonchev–Trinajstić information content (AvgIpc) is 2.38. The van der Waals surface area contributed by atoms with Gasteiger partial charge in [0.15, 0.2) is 0 Å². The minimum Gasteiger partial charge on any atom is -0.357 e. The summed E-state index contributed by atoms with van der Waals surface area (Å²) < 4.78 is 0. The van der Waals surface area contributed by atoms with Gasteiger partial charge >= 0.3 is 5.69 Å². The molecule has 2 rings (SSSR count). The van der Waals surface area contributed by atoms with Crippen LogP contribution in [0.4, 0.5) is 23.1 Å². The molecule has 0 aliphatic heterocycles. The maximum absolute atomic E-state index is 10.9. The summed E-state index contributed by atoms with van der Waals surface area (Å²) in [5.41, 5.74) is 0.398. The molecular formula is C11H10ClN5O2. The van der Waals surface area contributed by atoms with Gasteiger partial charge < -0.3 is 10.6 Å². The van der Waals surface area contributed by atoms with Gasteiger partial charge in [-0.15, -0.1) is 0 Å². The second kappa shape index (κ2) is 5.49. The number of benzene rings is 1. The fraction of sp³-hybridized carbons (Fsp3) is 0.0909. The molecule has 0 radical (unpaired) electrons. The van der Waals surface area contributed by atoms with Gasteiger partial charge in [-0.3, -0.25) is 10.1 Å². The number of hydrogen-bond donors (Lipinski definition) is 2. The first-order valence-electron chi connectivity index (χ1n) is 5.32. The number of nitrogens with zero attached hydrogens (tertiary/aromatic N) is 3. The summed E-state index contributed by atoms with van der Waals surface area (Å²) in [4.78, 5) is 18.2. The van der Waals surface area contributed by atoms with E-state index in [2.05, 4.69) is 20.6 Å². The van der Waals surface area contributed by atoms with Crippen molar-refractivity contribution in [3.8, 4) is 0 Å². The van der Waals surface area contributed by atoms with E-state index in [1.54, 1.807) is 31.3 Å². The highest BCUT2D eigenvalue weighted by Crippen LogP contribution is 2.26. The molecule has 98 valence electrons. The van der Waals surface area contributed by atoms with Gasteiger partial charge in [0, 0.05) is 17.8 Å². The first kappa shape index (κ1) is 13.0. The lowest BCUT2D eigenvalue weighted by atomic mass is 10.3. The molecule has 0 atom stereocenters. The van der Waals surface area contributed by atoms with E-state index in [4.69, 9.17) is 11.6 Å². The van der Waals surface area contributed by atoms with E-state index in [-0.39, 0.29) is 17.5 Å². The molecule has 8 heteroatoms. The van der Waals surface area contributed by atoms with E-state index in [0.717, 1.165) is 6.20 Å². The number of aromatic nitrogens is 2. The molecule has 0 saturated heterocycles. The van der Waals surface area contributed by atoms with Gasteiger partial charge in [0.1, 0.15) is 6.20 Å². The second-order valence-electron chi connectivity index (χ2n) is 3.57. The summed E-state index contributed by atoms with van der Waals surface area (Å²) in [6.45, 7) is 0. The van der Waals surface area contributed by atoms with Crippen molar-refractivity contribution in [2.45, 2.75) is 0 Å². The summed E-state index contributed by atoms with van der Waals surface area (Å²) >= 11 is 5.85. The molecule has 1 heterocycles. The van der Waals surface area contributed by atoms with Crippen molar-refractivity contribution < 1.29 is 4.92 Å². The van der Waals surface area contributed by atoms with Gasteiger partial charge in [-0.05, 0) is 18.2 Å². The molecule has 0 aliphatic rings. The summed E-state index contributed by atoms with van der Waals surface area (Å²) in [7, 11) is 1.63. The summed E-state index contributed by atoms with van der Waals surface area (Å²) in [6.07, 6.45) is 1.14. The Bertz CT molecular complexity index is 620. The van der Waals surface area contributed by atoms with Gasteiger partial charge in [-0.25, -0.2) is 4.98 Å². The smallest absolute Gasteiger partial charge is 0.329 e. The maximum atomic E-state index is 10.9. The van der Waals surface area contributed by atoms with Gasteiger partial charge in [0.25, 0.3) is 0 Å². The first-order chi connectivity index (χ1) is 9.10. The topological polar surface area (TPSA) is 93.0 Å². The summed E-state index contributed by atoms with van der Waals surface area (Å²) in [5, 5.41) is 17.0. The molecule has 19 heavy (non-hydrogen) atoms. The average molecular weight is 280 g/mol. The van der Waals surface area contributed by atoms with Crippen molar-refractivity contribution >= 4 is 34.7 Å². The van der Waals surface area contributed by atoms with Crippen molar-refractivity contribution in [1.29, 1.82) is 0 Å². The third-order valence-corrected chi connectivity index (χ3v) is 2.51. The largest absolute Gasteiger partial charge is 0.357 e. The van der Waals surface area contributed by atoms with Crippen LogP contribution < -0.4 is 10.6 Å². The third-order valence-electron chi connectivity index (χ3n) is 2.28. The first-order valence-corrected chi connectivity index (χ1v) is 5.69. The molecule has 0 saturated carbocycles. The molecule has 0 fully saturated rings. The normalized spacial score (nSPS) is 10.0. The van der Waals surface area contributed by atoms with Crippen LogP contribution >= 0.6 is 11.6 Å². The molecule has 0 bridgehead atoms. The Hall–Kier alpha value is -2.41. The third kappa shape index (κ3) is 3.08. The Morgan fingerprint density at radius 2 is 2.21 bits per heavy atom. The Balaban J connectivity index is 2.39. The lowest BCUT2D eigenvalue weighted by molar-refractivity contribution is -0.384. The highest BCUT2D eigenvalue weighted by molar-refractivity contribution is 6.30. The molecular weight excluding hydrogens is 270 g/mol. The SMILES string of the molecule is CNc1ncc([N+](=O)[O-])c(Nc2cccc(Cl)c2)n1. The van der Waals surface area contributed by atoms with Crippen molar-refractivity contribution in [2.75, 3.05) is 17.7 Å². The Morgan fingerprint density at radius 1 is 1.42 bits per heavy atom. The second-order valence-corrected chi connectivity index (χ2v) is 4.01. The zero-order valence-electron chi connectivity index (χ0n) is 9.92. The number of nitro groups is 1. The predicted molar refractivity (Wildman–Crippen MR) is 73.0 cm³/mol. The molecule has 0 aliphatic carbocycles. The quantitative estimate of drug-likeness (QED) is 0.660. The summed E-state index contributed by atoms with van der Waals surface area (Å²) in [5.74, 6) is 0.391. The standard InChI is InChI=1S/C11H10ClN5O2/c1-13-11-14-6-9(17(18)19)10(16-11)15-8-4-2-3-7(12)5-8/h2-6H,1H3,(H2,13,14,15,16). The van der Waals surface area contributed by atoms with E-state index >= 15 is 0 Å². The molecule has 7 nitrogen and oxygen atoms in total. The zero-order chi connectivity index (χ0) is 13.8. The minimum absolute atomic E-state index is 0.103. The van der Waals surface area contributed by atoms with Crippen LogP contribution in [0.3, 0.4) is 0 Å². The van der Waals surface area contributed by atoms with Crippen LogP contribution in [0.2, 0.25) is 5.02 Å². The highest BCUT2D eigenvalue weighted by Gasteiger charge is 2.17. The number of hydrogen-bond acceptors (Lipinski definition) is 6. The van der Waals surface area contributed by atoms with Crippen LogP contribution in [-0.2, 0) is 0 Å². The molecule has 2 aromatic rings. The van der Waals surface area contributed by atoms with Gasteiger partial charge in [-0.2, -0.15) is 4.98 Å². The molecule has 0 spiro atoms. The van der Waals surface area contributed by atoms with Crippen LogP contribution in [0.5, 0.6) is 0 Å². The van der Waals surface area contributed by atoms with Crippen molar-refractivity contribution in [2.24, 2.45) is 0 Å². The Morgan fingerprint density at radius 3 is 2.84 bits per heavy atom. The van der Waals surface area contributed by atoms with Crippen LogP contribution in [0, 0.1) is 10.1 Å². The minimum atomic E-state index is -0.549. The van der Waals surface area contributed by atoms with Gasteiger partial charge in [-0.1, -0.05) is 17.7 Å².